The number of fused-ring (bicyclic) bond motifs is 1. The third-order valence-corrected chi connectivity index (χ3v) is 4.19. The quantitative estimate of drug-likeness (QED) is 0.741. The maximum atomic E-state index is 12.4. The lowest BCUT2D eigenvalue weighted by Gasteiger charge is -2.21. The van der Waals surface area contributed by atoms with Gasteiger partial charge in [-0.3, -0.25) is 4.79 Å². The van der Waals surface area contributed by atoms with E-state index in [4.69, 9.17) is 9.47 Å². The fourth-order valence-corrected chi connectivity index (χ4v) is 2.69. The number of para-hydroxylation sites is 1. The van der Waals surface area contributed by atoms with Gasteiger partial charge in [0, 0.05) is 0 Å². The second-order valence-corrected chi connectivity index (χ2v) is 7.20. The lowest BCUT2D eigenvalue weighted by molar-refractivity contribution is -0.118. The lowest BCUT2D eigenvalue weighted by Crippen LogP contribution is -2.21. The van der Waals surface area contributed by atoms with Gasteiger partial charge in [0.15, 0.2) is 6.61 Å². The van der Waals surface area contributed by atoms with E-state index in [9.17, 15) is 4.79 Å². The lowest BCUT2D eigenvalue weighted by atomic mass is 9.87. The normalized spacial score (nSPS) is 11.3. The topological polar surface area (TPSA) is 73.3 Å². The van der Waals surface area contributed by atoms with Crippen molar-refractivity contribution in [3.05, 3.63) is 54.4 Å². The van der Waals surface area contributed by atoms with Gasteiger partial charge in [0.05, 0.1) is 23.7 Å². The summed E-state index contributed by atoms with van der Waals surface area (Å²) < 4.78 is 11.0. The molecule has 1 N–H and O–H groups in total. The minimum atomic E-state index is -0.290. The van der Waals surface area contributed by atoms with Gasteiger partial charge in [-0.1, -0.05) is 39.0 Å². The third kappa shape index (κ3) is 4.34. The molecule has 0 aliphatic rings. The summed E-state index contributed by atoms with van der Waals surface area (Å²) in [5.74, 6) is 0.692. The molecule has 140 valence electrons. The van der Waals surface area contributed by atoms with Gasteiger partial charge in [-0.2, -0.15) is 0 Å². The zero-order chi connectivity index (χ0) is 19.4. The summed E-state index contributed by atoms with van der Waals surface area (Å²) in [5.41, 5.74) is 2.44. The number of hydrogen-bond acceptors (Lipinski definition) is 5. The van der Waals surface area contributed by atoms with Crippen LogP contribution in [0.4, 0.5) is 5.69 Å². The summed E-state index contributed by atoms with van der Waals surface area (Å²) >= 11 is 0. The van der Waals surface area contributed by atoms with Crippen molar-refractivity contribution in [2.24, 2.45) is 0 Å². The first-order valence-corrected chi connectivity index (χ1v) is 8.69. The highest BCUT2D eigenvalue weighted by molar-refractivity contribution is 5.94. The van der Waals surface area contributed by atoms with Crippen LogP contribution >= 0.6 is 0 Å². The van der Waals surface area contributed by atoms with Crippen molar-refractivity contribution in [2.75, 3.05) is 19.0 Å². The minimum absolute atomic E-state index is 0.0396. The fraction of sp³-hybridized carbons (Fsp3) is 0.286. The number of methoxy groups -OCH3 is 1. The van der Waals surface area contributed by atoms with Crippen LogP contribution in [0.3, 0.4) is 0 Å². The minimum Gasteiger partial charge on any atom is -0.495 e. The second-order valence-electron chi connectivity index (χ2n) is 7.20. The van der Waals surface area contributed by atoms with Crippen LogP contribution in [-0.4, -0.2) is 29.6 Å². The Morgan fingerprint density at radius 2 is 1.89 bits per heavy atom. The third-order valence-electron chi connectivity index (χ3n) is 4.19. The number of benzene rings is 2. The molecule has 1 heterocycles. The standard InChI is InChI=1S/C21H23N3O3/c1-21(2,3)14-9-10-18(26-4)17(11-14)24-19(25)12-27-20-15-7-5-6-8-16(15)22-13-23-20/h5-11,13H,12H2,1-4H3,(H,24,25). The Kier molecular flexibility index (Phi) is 5.26. The van der Waals surface area contributed by atoms with Crippen molar-refractivity contribution in [3.63, 3.8) is 0 Å². The summed E-state index contributed by atoms with van der Waals surface area (Å²) in [5, 5.41) is 3.62. The Morgan fingerprint density at radius 1 is 1.11 bits per heavy atom. The van der Waals surface area contributed by atoms with E-state index in [1.54, 1.807) is 7.11 Å². The van der Waals surface area contributed by atoms with Crippen molar-refractivity contribution < 1.29 is 14.3 Å². The van der Waals surface area contributed by atoms with Crippen molar-refractivity contribution in [2.45, 2.75) is 26.2 Å². The van der Waals surface area contributed by atoms with E-state index in [-0.39, 0.29) is 17.9 Å². The molecular formula is C21H23N3O3. The molecule has 0 spiro atoms. The van der Waals surface area contributed by atoms with E-state index in [1.165, 1.54) is 6.33 Å². The molecule has 0 bridgehead atoms. The van der Waals surface area contributed by atoms with Gasteiger partial charge in [-0.05, 0) is 35.2 Å². The first kappa shape index (κ1) is 18.6. The number of carbonyl (C=O) groups excluding carboxylic acids is 1. The van der Waals surface area contributed by atoms with Gasteiger partial charge in [0.1, 0.15) is 12.1 Å². The SMILES string of the molecule is COc1ccc(C(C)(C)C)cc1NC(=O)COc1ncnc2ccccc12. The van der Waals surface area contributed by atoms with Crippen LogP contribution < -0.4 is 14.8 Å². The monoisotopic (exact) mass is 365 g/mol. The molecule has 0 aliphatic heterocycles. The highest BCUT2D eigenvalue weighted by Crippen LogP contribution is 2.31. The van der Waals surface area contributed by atoms with E-state index in [0.29, 0.717) is 17.3 Å². The molecule has 3 rings (SSSR count). The van der Waals surface area contributed by atoms with Crippen molar-refractivity contribution in [1.29, 1.82) is 0 Å². The Balaban J connectivity index is 1.74. The number of nitrogens with one attached hydrogen (secondary N) is 1. The molecule has 0 unspecified atom stereocenters. The summed E-state index contributed by atoms with van der Waals surface area (Å²) in [6.07, 6.45) is 1.42. The molecule has 0 fully saturated rings. The molecule has 6 heteroatoms. The molecule has 0 radical (unpaired) electrons. The highest BCUT2D eigenvalue weighted by Gasteiger charge is 2.17. The van der Waals surface area contributed by atoms with Crippen LogP contribution in [0.1, 0.15) is 26.3 Å². The molecule has 6 nitrogen and oxygen atoms in total. The number of anilines is 1. The smallest absolute Gasteiger partial charge is 0.262 e. The van der Waals surface area contributed by atoms with Gasteiger partial charge in [-0.25, -0.2) is 9.97 Å². The molecule has 0 saturated carbocycles. The molecule has 0 atom stereocenters. The summed E-state index contributed by atoms with van der Waals surface area (Å²) in [7, 11) is 1.57. The Labute approximate surface area is 158 Å². The van der Waals surface area contributed by atoms with Crippen LogP contribution in [0, 0.1) is 0 Å². The zero-order valence-electron chi connectivity index (χ0n) is 15.9. The molecule has 0 aliphatic carbocycles. The van der Waals surface area contributed by atoms with Gasteiger partial charge in [-0.15, -0.1) is 0 Å². The highest BCUT2D eigenvalue weighted by atomic mass is 16.5. The van der Waals surface area contributed by atoms with Crippen LogP contribution in [0.15, 0.2) is 48.8 Å². The summed E-state index contributed by atoms with van der Waals surface area (Å²) in [6.45, 7) is 6.18. The van der Waals surface area contributed by atoms with Gasteiger partial charge < -0.3 is 14.8 Å². The number of nitrogens with zero attached hydrogens (tertiary/aromatic N) is 2. The Bertz CT molecular complexity index is 959. The predicted molar refractivity (Wildman–Crippen MR) is 105 cm³/mol. The van der Waals surface area contributed by atoms with Crippen LogP contribution in [0.2, 0.25) is 0 Å². The van der Waals surface area contributed by atoms with Crippen LogP contribution in [0.25, 0.3) is 10.9 Å². The van der Waals surface area contributed by atoms with Gasteiger partial charge in [0.25, 0.3) is 5.91 Å². The van der Waals surface area contributed by atoms with Crippen molar-refractivity contribution in [1.82, 2.24) is 9.97 Å². The number of rotatable bonds is 5. The molecule has 27 heavy (non-hydrogen) atoms. The fourth-order valence-electron chi connectivity index (χ4n) is 2.69. The molecule has 2 aromatic carbocycles. The first-order valence-electron chi connectivity index (χ1n) is 8.69. The number of amides is 1. The van der Waals surface area contributed by atoms with Crippen LogP contribution in [0.5, 0.6) is 11.6 Å². The Morgan fingerprint density at radius 3 is 2.63 bits per heavy atom. The maximum Gasteiger partial charge on any atom is 0.262 e. The zero-order valence-corrected chi connectivity index (χ0v) is 15.9. The largest absolute Gasteiger partial charge is 0.495 e. The van der Waals surface area contributed by atoms with Gasteiger partial charge >= 0.3 is 0 Å². The maximum absolute atomic E-state index is 12.4. The van der Waals surface area contributed by atoms with Gasteiger partial charge in [0.2, 0.25) is 5.88 Å². The van der Waals surface area contributed by atoms with E-state index in [2.05, 4.69) is 36.1 Å². The van der Waals surface area contributed by atoms with E-state index < -0.39 is 0 Å². The molecule has 1 amide bonds. The summed E-state index contributed by atoms with van der Waals surface area (Å²) in [4.78, 5) is 20.7. The molecular weight excluding hydrogens is 342 g/mol. The van der Waals surface area contributed by atoms with E-state index in [0.717, 1.165) is 16.5 Å². The molecule has 3 aromatic rings. The predicted octanol–water partition coefficient (Wildman–Crippen LogP) is 3.95. The molecule has 1 aromatic heterocycles. The van der Waals surface area contributed by atoms with E-state index >= 15 is 0 Å². The number of aromatic nitrogens is 2. The Hall–Kier alpha value is -3.15. The van der Waals surface area contributed by atoms with Crippen LogP contribution in [-0.2, 0) is 10.2 Å². The average molecular weight is 365 g/mol. The van der Waals surface area contributed by atoms with E-state index in [1.807, 2.05) is 42.5 Å². The van der Waals surface area contributed by atoms with Crippen molar-refractivity contribution in [3.8, 4) is 11.6 Å². The summed E-state index contributed by atoms with van der Waals surface area (Å²) in [6, 6.07) is 13.3. The molecule has 0 saturated heterocycles. The first-order chi connectivity index (χ1) is 12.9. The number of ether oxygens (including phenoxy) is 2. The number of carbonyl (C=O) groups is 1. The van der Waals surface area contributed by atoms with Crippen molar-refractivity contribution >= 4 is 22.5 Å². The second kappa shape index (κ2) is 7.61. The number of hydrogen-bond donors (Lipinski definition) is 1. The average Bonchev–Trinajstić information content (AvgIpc) is 2.65.